The van der Waals surface area contributed by atoms with E-state index in [1.54, 1.807) is 6.07 Å². The van der Waals surface area contributed by atoms with E-state index in [-0.39, 0.29) is 23.9 Å². The molecule has 80 valence electrons. The first kappa shape index (κ1) is 8.97. The molecule has 0 unspecified atom stereocenters. The summed E-state index contributed by atoms with van der Waals surface area (Å²) in [6, 6.07) is 3.14. The molecule has 1 aromatic carbocycles. The van der Waals surface area contributed by atoms with E-state index in [1.807, 2.05) is 0 Å². The number of hydrogen-bond donors (Lipinski definition) is 1. The van der Waals surface area contributed by atoms with Crippen LogP contribution in [0.3, 0.4) is 0 Å². The van der Waals surface area contributed by atoms with Crippen molar-refractivity contribution in [2.24, 2.45) is 5.73 Å². The molecule has 0 amide bonds. The van der Waals surface area contributed by atoms with Crippen molar-refractivity contribution in [3.63, 3.8) is 0 Å². The summed E-state index contributed by atoms with van der Waals surface area (Å²) >= 11 is 0. The first-order chi connectivity index (χ1) is 7.18. The lowest BCUT2D eigenvalue weighted by Gasteiger charge is -2.10. The molecule has 0 saturated heterocycles. The summed E-state index contributed by atoms with van der Waals surface area (Å²) in [4.78, 5) is 0. The number of halogens is 1. The van der Waals surface area contributed by atoms with Crippen LogP contribution in [-0.4, -0.2) is 12.3 Å². The van der Waals surface area contributed by atoms with Crippen molar-refractivity contribution in [3.05, 3.63) is 23.5 Å². The molecule has 2 N–H and O–H groups in total. The van der Waals surface area contributed by atoms with Crippen molar-refractivity contribution in [1.82, 2.24) is 0 Å². The van der Waals surface area contributed by atoms with E-state index in [1.165, 1.54) is 6.07 Å². The molecule has 1 aliphatic carbocycles. The molecule has 1 aromatic rings. The molecule has 4 heteroatoms. The number of rotatable bonds is 2. The Balaban J connectivity index is 1.98. The van der Waals surface area contributed by atoms with Crippen LogP contribution in [0, 0.1) is 5.82 Å². The van der Waals surface area contributed by atoms with Gasteiger partial charge in [-0.2, -0.15) is 0 Å². The summed E-state index contributed by atoms with van der Waals surface area (Å²) in [7, 11) is 0. The van der Waals surface area contributed by atoms with Gasteiger partial charge in [-0.3, -0.25) is 0 Å². The summed E-state index contributed by atoms with van der Waals surface area (Å²) in [5.74, 6) is 0.400. The Morgan fingerprint density at radius 2 is 2.00 bits per heavy atom. The van der Waals surface area contributed by atoms with Crippen LogP contribution in [0.15, 0.2) is 12.1 Å². The second kappa shape index (κ2) is 2.85. The average molecular weight is 209 g/mol. The van der Waals surface area contributed by atoms with Gasteiger partial charge < -0.3 is 15.2 Å². The number of fused-ring (bicyclic) bond motifs is 1. The van der Waals surface area contributed by atoms with Crippen molar-refractivity contribution in [1.29, 1.82) is 0 Å². The summed E-state index contributed by atoms with van der Waals surface area (Å²) < 4.78 is 23.6. The van der Waals surface area contributed by atoms with E-state index in [9.17, 15) is 4.39 Å². The predicted molar refractivity (Wildman–Crippen MR) is 52.4 cm³/mol. The van der Waals surface area contributed by atoms with E-state index in [2.05, 4.69) is 0 Å². The second-order valence-electron chi connectivity index (χ2n) is 4.31. The molecule has 0 radical (unpaired) electrons. The Morgan fingerprint density at radius 1 is 1.27 bits per heavy atom. The Morgan fingerprint density at radius 3 is 2.73 bits per heavy atom. The van der Waals surface area contributed by atoms with Crippen molar-refractivity contribution in [3.8, 4) is 11.5 Å². The van der Waals surface area contributed by atoms with Gasteiger partial charge in [0.2, 0.25) is 12.5 Å². The lowest BCUT2D eigenvalue weighted by atomic mass is 10.0. The highest BCUT2D eigenvalue weighted by atomic mass is 19.1. The van der Waals surface area contributed by atoms with Crippen LogP contribution >= 0.6 is 0 Å². The van der Waals surface area contributed by atoms with Gasteiger partial charge in [-0.15, -0.1) is 0 Å². The fourth-order valence-electron chi connectivity index (χ4n) is 1.88. The smallest absolute Gasteiger partial charge is 0.231 e. The molecule has 2 aliphatic rings. The Kier molecular flexibility index (Phi) is 1.71. The molecule has 3 nitrogen and oxygen atoms in total. The Labute approximate surface area is 87.0 Å². The maximum atomic E-state index is 13.3. The quantitative estimate of drug-likeness (QED) is 0.804. The minimum atomic E-state index is -0.367. The maximum absolute atomic E-state index is 13.3. The zero-order valence-electron chi connectivity index (χ0n) is 8.25. The molecule has 0 spiro atoms. The molecule has 15 heavy (non-hydrogen) atoms. The highest BCUT2D eigenvalue weighted by Crippen LogP contribution is 2.43. The molecular weight excluding hydrogens is 197 g/mol. The van der Waals surface area contributed by atoms with Crippen LogP contribution in [-0.2, 0) is 6.42 Å². The van der Waals surface area contributed by atoms with Gasteiger partial charge in [0.15, 0.2) is 11.6 Å². The summed E-state index contributed by atoms with van der Waals surface area (Å²) in [5, 5.41) is 0. The molecule has 1 heterocycles. The van der Waals surface area contributed by atoms with Gasteiger partial charge in [0.1, 0.15) is 0 Å². The van der Waals surface area contributed by atoms with Crippen molar-refractivity contribution < 1.29 is 13.9 Å². The minimum absolute atomic E-state index is 0.0981. The zero-order valence-corrected chi connectivity index (χ0v) is 8.25. The number of benzene rings is 1. The standard InChI is InChI=1S/C11H12FNO2/c12-8-2-1-7(5-11(13)3-4-11)9-10(8)15-6-14-9/h1-2H,3-6,13H2. The largest absolute Gasteiger partial charge is 0.453 e. The lowest BCUT2D eigenvalue weighted by molar-refractivity contribution is 0.170. The monoisotopic (exact) mass is 209 g/mol. The molecule has 0 atom stereocenters. The van der Waals surface area contributed by atoms with E-state index >= 15 is 0 Å². The molecule has 1 fully saturated rings. The fourth-order valence-corrected chi connectivity index (χ4v) is 1.88. The van der Waals surface area contributed by atoms with Gasteiger partial charge >= 0.3 is 0 Å². The molecule has 3 rings (SSSR count). The maximum Gasteiger partial charge on any atom is 0.231 e. The SMILES string of the molecule is NC1(Cc2ccc(F)c3c2OCO3)CC1. The third-order valence-corrected chi connectivity index (χ3v) is 2.99. The van der Waals surface area contributed by atoms with Crippen LogP contribution in [0.25, 0.3) is 0 Å². The first-order valence-corrected chi connectivity index (χ1v) is 5.04. The molecular formula is C11H12FNO2. The van der Waals surface area contributed by atoms with E-state index in [4.69, 9.17) is 15.2 Å². The second-order valence-corrected chi connectivity index (χ2v) is 4.31. The third kappa shape index (κ3) is 1.45. The molecule has 0 bridgehead atoms. The summed E-state index contributed by atoms with van der Waals surface area (Å²) in [6.07, 6.45) is 2.79. The van der Waals surface area contributed by atoms with Crippen molar-refractivity contribution in [2.75, 3.05) is 6.79 Å². The van der Waals surface area contributed by atoms with Crippen LogP contribution in [0.5, 0.6) is 11.5 Å². The average Bonchev–Trinajstić information content (AvgIpc) is 2.77. The van der Waals surface area contributed by atoms with Crippen LogP contribution in [0.4, 0.5) is 4.39 Å². The first-order valence-electron chi connectivity index (χ1n) is 5.04. The number of nitrogens with two attached hydrogens (primary N) is 1. The fraction of sp³-hybridized carbons (Fsp3) is 0.455. The predicted octanol–water partition coefficient (Wildman–Crippen LogP) is 1.59. The van der Waals surface area contributed by atoms with Crippen LogP contribution in [0.2, 0.25) is 0 Å². The van der Waals surface area contributed by atoms with Crippen molar-refractivity contribution >= 4 is 0 Å². The van der Waals surface area contributed by atoms with Gasteiger partial charge in [-0.25, -0.2) is 4.39 Å². The normalized spacial score (nSPS) is 20.4. The van der Waals surface area contributed by atoms with Gasteiger partial charge in [-0.1, -0.05) is 6.07 Å². The molecule has 1 saturated carbocycles. The summed E-state index contributed by atoms with van der Waals surface area (Å²) in [5.41, 5.74) is 6.87. The number of ether oxygens (including phenoxy) is 2. The van der Waals surface area contributed by atoms with E-state index in [0.29, 0.717) is 5.75 Å². The highest BCUT2D eigenvalue weighted by Gasteiger charge is 2.39. The zero-order chi connectivity index (χ0) is 10.5. The number of hydrogen-bond acceptors (Lipinski definition) is 3. The summed E-state index contributed by atoms with van der Waals surface area (Å²) in [6.45, 7) is 0.0981. The van der Waals surface area contributed by atoms with Crippen LogP contribution in [0.1, 0.15) is 18.4 Å². The van der Waals surface area contributed by atoms with Gasteiger partial charge in [-0.05, 0) is 25.3 Å². The van der Waals surface area contributed by atoms with Crippen molar-refractivity contribution in [2.45, 2.75) is 24.8 Å². The Bertz CT molecular complexity index is 415. The topological polar surface area (TPSA) is 44.5 Å². The molecule has 0 aromatic heterocycles. The van der Waals surface area contributed by atoms with E-state index < -0.39 is 0 Å². The van der Waals surface area contributed by atoms with E-state index in [0.717, 1.165) is 24.8 Å². The van der Waals surface area contributed by atoms with Gasteiger partial charge in [0.25, 0.3) is 0 Å². The third-order valence-electron chi connectivity index (χ3n) is 2.99. The molecule has 1 aliphatic heterocycles. The Hall–Kier alpha value is -1.29. The van der Waals surface area contributed by atoms with Crippen LogP contribution < -0.4 is 15.2 Å². The van der Waals surface area contributed by atoms with Gasteiger partial charge in [0, 0.05) is 11.1 Å². The lowest BCUT2D eigenvalue weighted by Crippen LogP contribution is -2.24. The highest BCUT2D eigenvalue weighted by molar-refractivity contribution is 5.50. The minimum Gasteiger partial charge on any atom is -0.453 e. The van der Waals surface area contributed by atoms with Gasteiger partial charge in [0.05, 0.1) is 0 Å².